The highest BCUT2D eigenvalue weighted by Crippen LogP contribution is 2.36. The SMILES string of the molecule is CC(C)(C)[Si](C)(C)OCC/C=C/C(=O)C1(O)CCCCC1. The van der Waals surface area contributed by atoms with Gasteiger partial charge in [0.05, 0.1) is 0 Å². The summed E-state index contributed by atoms with van der Waals surface area (Å²) in [6, 6.07) is 0. The Bertz CT molecular complexity index is 374. The van der Waals surface area contributed by atoms with Crippen LogP contribution in [0.2, 0.25) is 18.1 Å². The minimum absolute atomic E-state index is 0.130. The summed E-state index contributed by atoms with van der Waals surface area (Å²) in [4.78, 5) is 12.1. The monoisotopic (exact) mass is 312 g/mol. The first kappa shape index (κ1) is 18.6. The zero-order chi connectivity index (χ0) is 16.1. The minimum Gasteiger partial charge on any atom is -0.417 e. The van der Waals surface area contributed by atoms with Crippen LogP contribution in [-0.4, -0.2) is 31.4 Å². The highest BCUT2D eigenvalue weighted by atomic mass is 28.4. The van der Waals surface area contributed by atoms with E-state index in [-0.39, 0.29) is 10.8 Å². The van der Waals surface area contributed by atoms with Crippen molar-refractivity contribution in [3.8, 4) is 0 Å². The van der Waals surface area contributed by atoms with Crippen LogP contribution in [0.4, 0.5) is 0 Å². The number of carbonyl (C=O) groups is 1. The zero-order valence-corrected chi connectivity index (χ0v) is 15.4. The van der Waals surface area contributed by atoms with E-state index in [9.17, 15) is 9.90 Å². The Hall–Kier alpha value is -0.453. The summed E-state index contributed by atoms with van der Waals surface area (Å²) < 4.78 is 6.06. The minimum atomic E-state index is -1.70. The molecule has 1 aliphatic carbocycles. The van der Waals surface area contributed by atoms with Gasteiger partial charge in [-0.05, 0) is 43.5 Å². The van der Waals surface area contributed by atoms with Crippen LogP contribution in [0.1, 0.15) is 59.3 Å². The van der Waals surface area contributed by atoms with Gasteiger partial charge in [0.25, 0.3) is 0 Å². The molecule has 0 spiro atoms. The summed E-state index contributed by atoms with van der Waals surface area (Å²) in [5, 5.41) is 10.5. The number of rotatable bonds is 6. The number of ketones is 1. The van der Waals surface area contributed by atoms with Gasteiger partial charge in [0, 0.05) is 6.61 Å². The molecule has 1 N–H and O–H groups in total. The maximum absolute atomic E-state index is 12.1. The average Bonchev–Trinajstić information content (AvgIpc) is 2.37. The number of hydrogen-bond acceptors (Lipinski definition) is 3. The van der Waals surface area contributed by atoms with E-state index in [2.05, 4.69) is 33.9 Å². The molecule has 1 fully saturated rings. The van der Waals surface area contributed by atoms with Crippen molar-refractivity contribution >= 4 is 14.1 Å². The van der Waals surface area contributed by atoms with Crippen molar-refractivity contribution in [2.75, 3.05) is 6.61 Å². The Morgan fingerprint density at radius 2 is 1.81 bits per heavy atom. The van der Waals surface area contributed by atoms with Crippen molar-refractivity contribution in [3.05, 3.63) is 12.2 Å². The first-order valence-corrected chi connectivity index (χ1v) is 11.1. The lowest BCUT2D eigenvalue weighted by molar-refractivity contribution is -0.135. The fourth-order valence-electron chi connectivity index (χ4n) is 2.33. The Morgan fingerprint density at radius 3 is 2.33 bits per heavy atom. The molecule has 0 aromatic carbocycles. The fourth-order valence-corrected chi connectivity index (χ4v) is 3.39. The van der Waals surface area contributed by atoms with Gasteiger partial charge in [0.15, 0.2) is 14.1 Å². The normalized spacial score (nSPS) is 19.9. The molecule has 0 unspecified atom stereocenters. The molecule has 0 atom stereocenters. The third kappa shape index (κ3) is 5.35. The second kappa shape index (κ2) is 7.21. The standard InChI is InChI=1S/C17H32O3Si/c1-16(2,3)21(4,5)20-14-10-7-11-15(18)17(19)12-8-6-9-13-17/h7,11,19H,6,8-10,12-14H2,1-5H3/b11-7+. The van der Waals surface area contributed by atoms with Crippen LogP contribution in [0.3, 0.4) is 0 Å². The molecule has 3 nitrogen and oxygen atoms in total. The van der Waals surface area contributed by atoms with Crippen LogP contribution >= 0.6 is 0 Å². The molecule has 0 aliphatic heterocycles. The Morgan fingerprint density at radius 1 is 1.24 bits per heavy atom. The number of aliphatic hydroxyl groups is 1. The maximum atomic E-state index is 12.1. The highest BCUT2D eigenvalue weighted by Gasteiger charge is 2.37. The summed E-state index contributed by atoms with van der Waals surface area (Å²) in [6.45, 7) is 11.8. The van der Waals surface area contributed by atoms with Crippen LogP contribution in [0.25, 0.3) is 0 Å². The third-order valence-corrected chi connectivity index (χ3v) is 9.50. The lowest BCUT2D eigenvalue weighted by Crippen LogP contribution is -2.41. The fraction of sp³-hybridized carbons (Fsp3) is 0.824. The summed E-state index contributed by atoms with van der Waals surface area (Å²) in [7, 11) is -1.70. The highest BCUT2D eigenvalue weighted by molar-refractivity contribution is 6.74. The first-order valence-electron chi connectivity index (χ1n) is 8.16. The number of hydrogen-bond donors (Lipinski definition) is 1. The van der Waals surface area contributed by atoms with Crippen molar-refractivity contribution in [3.63, 3.8) is 0 Å². The topological polar surface area (TPSA) is 46.5 Å². The molecule has 0 aromatic heterocycles. The zero-order valence-electron chi connectivity index (χ0n) is 14.4. The van der Waals surface area contributed by atoms with E-state index in [1.807, 2.05) is 6.08 Å². The van der Waals surface area contributed by atoms with Crippen molar-refractivity contribution in [2.45, 2.75) is 83.0 Å². The van der Waals surface area contributed by atoms with E-state index in [1.54, 1.807) is 6.08 Å². The smallest absolute Gasteiger partial charge is 0.191 e. The van der Waals surface area contributed by atoms with Gasteiger partial charge < -0.3 is 9.53 Å². The second-order valence-electron chi connectivity index (χ2n) is 7.76. The molecule has 4 heteroatoms. The van der Waals surface area contributed by atoms with Crippen molar-refractivity contribution in [2.24, 2.45) is 0 Å². The molecule has 1 rings (SSSR count). The summed E-state index contributed by atoms with van der Waals surface area (Å²) in [6.07, 6.45) is 8.37. The maximum Gasteiger partial charge on any atom is 0.191 e. The Balaban J connectivity index is 2.37. The van der Waals surface area contributed by atoms with Gasteiger partial charge in [-0.25, -0.2) is 0 Å². The van der Waals surface area contributed by atoms with Gasteiger partial charge in [0.2, 0.25) is 0 Å². The van der Waals surface area contributed by atoms with E-state index >= 15 is 0 Å². The van der Waals surface area contributed by atoms with Gasteiger partial charge in [-0.1, -0.05) is 46.1 Å². The molecule has 0 aromatic rings. The molecular weight excluding hydrogens is 280 g/mol. The molecule has 0 saturated heterocycles. The van der Waals surface area contributed by atoms with Crippen molar-refractivity contribution in [1.82, 2.24) is 0 Å². The molecule has 122 valence electrons. The van der Waals surface area contributed by atoms with Gasteiger partial charge >= 0.3 is 0 Å². The predicted octanol–water partition coefficient (Wildman–Crippen LogP) is 4.22. The summed E-state index contributed by atoms with van der Waals surface area (Å²) in [5.74, 6) is -0.130. The molecule has 1 saturated carbocycles. The third-order valence-electron chi connectivity index (χ3n) is 4.96. The molecular formula is C17H32O3Si. The predicted molar refractivity (Wildman–Crippen MR) is 89.9 cm³/mol. The number of carbonyl (C=O) groups excluding carboxylic acids is 1. The van der Waals surface area contributed by atoms with Crippen LogP contribution in [0, 0.1) is 0 Å². The van der Waals surface area contributed by atoms with E-state index in [0.717, 1.165) is 25.7 Å². The van der Waals surface area contributed by atoms with Crippen LogP contribution < -0.4 is 0 Å². The van der Waals surface area contributed by atoms with Crippen molar-refractivity contribution < 1.29 is 14.3 Å². The lowest BCUT2D eigenvalue weighted by atomic mass is 9.81. The summed E-state index contributed by atoms with van der Waals surface area (Å²) >= 11 is 0. The van der Waals surface area contributed by atoms with Gasteiger partial charge in [-0.3, -0.25) is 4.79 Å². The lowest BCUT2D eigenvalue weighted by Gasteiger charge is -2.36. The largest absolute Gasteiger partial charge is 0.417 e. The molecule has 0 heterocycles. The Labute approximate surface area is 130 Å². The van der Waals surface area contributed by atoms with E-state index in [4.69, 9.17) is 4.43 Å². The molecule has 0 amide bonds. The van der Waals surface area contributed by atoms with E-state index < -0.39 is 13.9 Å². The van der Waals surface area contributed by atoms with Gasteiger partial charge in [-0.2, -0.15) is 0 Å². The second-order valence-corrected chi connectivity index (χ2v) is 12.6. The molecule has 21 heavy (non-hydrogen) atoms. The molecule has 0 radical (unpaired) electrons. The summed E-state index contributed by atoms with van der Waals surface area (Å²) in [5.41, 5.74) is -1.10. The van der Waals surface area contributed by atoms with Crippen LogP contribution in [0.5, 0.6) is 0 Å². The van der Waals surface area contributed by atoms with E-state index in [1.165, 1.54) is 0 Å². The van der Waals surface area contributed by atoms with Crippen molar-refractivity contribution in [1.29, 1.82) is 0 Å². The Kier molecular flexibility index (Phi) is 6.38. The van der Waals surface area contributed by atoms with Gasteiger partial charge in [0.1, 0.15) is 5.60 Å². The quantitative estimate of drug-likeness (QED) is 0.454. The average molecular weight is 313 g/mol. The first-order chi connectivity index (χ1) is 9.58. The van der Waals surface area contributed by atoms with Crippen LogP contribution in [-0.2, 0) is 9.22 Å². The van der Waals surface area contributed by atoms with Gasteiger partial charge in [-0.15, -0.1) is 0 Å². The van der Waals surface area contributed by atoms with E-state index in [0.29, 0.717) is 19.4 Å². The molecule has 1 aliphatic rings. The molecule has 0 bridgehead atoms. The van der Waals surface area contributed by atoms with Crippen LogP contribution in [0.15, 0.2) is 12.2 Å².